The number of carbonyl (C=O) groups excluding carboxylic acids is 1. The van der Waals surface area contributed by atoms with Crippen LogP contribution in [0.15, 0.2) is 36.5 Å². The van der Waals surface area contributed by atoms with E-state index in [1.165, 1.54) is 17.7 Å². The lowest BCUT2D eigenvalue weighted by molar-refractivity contribution is -0.0457. The van der Waals surface area contributed by atoms with E-state index < -0.39 is 0 Å². The van der Waals surface area contributed by atoms with Gasteiger partial charge in [0.15, 0.2) is 5.78 Å². The number of piperidine rings is 1. The van der Waals surface area contributed by atoms with E-state index >= 15 is 0 Å². The molecule has 1 aromatic carbocycles. The molecule has 0 amide bonds. The molecule has 2 aliphatic rings. The highest BCUT2D eigenvalue weighted by Gasteiger charge is 2.33. The fourth-order valence-electron chi connectivity index (χ4n) is 4.87. The van der Waals surface area contributed by atoms with E-state index in [4.69, 9.17) is 4.74 Å². The van der Waals surface area contributed by atoms with Gasteiger partial charge in [-0.15, -0.1) is 0 Å². The Morgan fingerprint density at radius 2 is 1.90 bits per heavy atom. The first-order valence-electron chi connectivity index (χ1n) is 11.1. The van der Waals surface area contributed by atoms with Gasteiger partial charge in [0.05, 0.1) is 5.69 Å². The number of benzene rings is 1. The molecule has 1 aromatic heterocycles. The molecule has 2 saturated heterocycles. The second-order valence-corrected chi connectivity index (χ2v) is 8.57. The van der Waals surface area contributed by atoms with E-state index in [2.05, 4.69) is 34.6 Å². The van der Waals surface area contributed by atoms with Gasteiger partial charge in [-0.3, -0.25) is 9.48 Å². The van der Waals surface area contributed by atoms with Gasteiger partial charge in [-0.1, -0.05) is 29.8 Å². The molecule has 2 aliphatic heterocycles. The number of aromatic nitrogens is 2. The first-order chi connectivity index (χ1) is 14.2. The maximum atomic E-state index is 12.8. The zero-order valence-corrected chi connectivity index (χ0v) is 17.7. The number of rotatable bonds is 6. The van der Waals surface area contributed by atoms with Crippen LogP contribution in [0.4, 0.5) is 0 Å². The maximum absolute atomic E-state index is 12.8. The third-order valence-electron chi connectivity index (χ3n) is 6.57. The fourth-order valence-corrected chi connectivity index (χ4v) is 4.87. The molecule has 0 aliphatic carbocycles. The minimum absolute atomic E-state index is 0.137. The Kier molecular flexibility index (Phi) is 6.46. The Morgan fingerprint density at radius 1 is 1.14 bits per heavy atom. The molecule has 5 heteroatoms. The van der Waals surface area contributed by atoms with E-state index in [9.17, 15) is 4.79 Å². The van der Waals surface area contributed by atoms with Gasteiger partial charge in [-0.05, 0) is 58.7 Å². The normalized spacial score (nSPS) is 23.9. The number of ketones is 1. The molecule has 0 saturated carbocycles. The molecule has 3 heterocycles. The fraction of sp³-hybridized carbons (Fsp3) is 0.583. The monoisotopic (exact) mass is 395 g/mol. The summed E-state index contributed by atoms with van der Waals surface area (Å²) in [5.41, 5.74) is 3.27. The van der Waals surface area contributed by atoms with Crippen molar-refractivity contribution in [2.45, 2.75) is 52.2 Å². The Bertz CT molecular complexity index is 806. The molecule has 0 bridgehead atoms. The summed E-state index contributed by atoms with van der Waals surface area (Å²) in [6, 6.07) is 10.1. The first kappa shape index (κ1) is 20.3. The molecule has 0 unspecified atom stereocenters. The molecule has 0 spiro atoms. The van der Waals surface area contributed by atoms with Gasteiger partial charge >= 0.3 is 0 Å². The molecule has 2 atom stereocenters. The molecule has 2 aromatic rings. The number of nitrogens with zero attached hydrogens (tertiary/aromatic N) is 3. The Hall–Kier alpha value is -1.98. The van der Waals surface area contributed by atoms with Crippen molar-refractivity contribution in [3.8, 4) is 0 Å². The largest absolute Gasteiger partial charge is 0.372 e. The Labute approximate surface area is 174 Å². The van der Waals surface area contributed by atoms with Crippen LogP contribution < -0.4 is 0 Å². The van der Waals surface area contributed by atoms with E-state index in [0.717, 1.165) is 57.6 Å². The topological polar surface area (TPSA) is 47.4 Å². The number of ether oxygens (including phenoxy) is 1. The van der Waals surface area contributed by atoms with Crippen LogP contribution in [0.1, 0.15) is 60.3 Å². The average molecular weight is 396 g/mol. The SMILES string of the molecule is CCn1nccc1[C@@H]1OCCC[C@H]1CN1CCC(C(=O)c2ccc(C)cc2)CC1. The summed E-state index contributed by atoms with van der Waals surface area (Å²) in [6.07, 6.45) is 6.26. The zero-order valence-electron chi connectivity index (χ0n) is 17.7. The molecular weight excluding hydrogens is 362 g/mol. The average Bonchev–Trinajstić information content (AvgIpc) is 3.23. The van der Waals surface area contributed by atoms with Gasteiger partial charge in [-0.25, -0.2) is 0 Å². The Morgan fingerprint density at radius 3 is 2.62 bits per heavy atom. The minimum Gasteiger partial charge on any atom is -0.372 e. The van der Waals surface area contributed by atoms with Crippen molar-refractivity contribution >= 4 is 5.78 Å². The zero-order chi connectivity index (χ0) is 20.2. The number of hydrogen-bond donors (Lipinski definition) is 0. The third-order valence-corrected chi connectivity index (χ3v) is 6.57. The van der Waals surface area contributed by atoms with Crippen molar-refractivity contribution in [1.82, 2.24) is 14.7 Å². The quantitative estimate of drug-likeness (QED) is 0.685. The summed E-state index contributed by atoms with van der Waals surface area (Å²) in [6.45, 7) is 8.94. The van der Waals surface area contributed by atoms with Crippen LogP contribution in [0.5, 0.6) is 0 Å². The predicted molar refractivity (Wildman–Crippen MR) is 114 cm³/mol. The minimum atomic E-state index is 0.137. The van der Waals surface area contributed by atoms with Crippen LogP contribution in [0, 0.1) is 18.8 Å². The number of likely N-dealkylation sites (tertiary alicyclic amines) is 1. The third kappa shape index (κ3) is 4.62. The van der Waals surface area contributed by atoms with Gasteiger partial charge in [0, 0.05) is 43.3 Å². The Balaban J connectivity index is 1.34. The number of hydrogen-bond acceptors (Lipinski definition) is 4. The highest BCUT2D eigenvalue weighted by Crippen LogP contribution is 2.35. The lowest BCUT2D eigenvalue weighted by atomic mass is 9.87. The standard InChI is InChI=1S/C24H33N3O2/c1-3-27-22(10-13-25-27)24-21(5-4-16-29-24)17-26-14-11-20(12-15-26)23(28)19-8-6-18(2)7-9-19/h6-10,13,20-21,24H,3-5,11-12,14-17H2,1-2H3/t21-,24+/m0/s1. The van der Waals surface area contributed by atoms with Gasteiger partial charge < -0.3 is 9.64 Å². The van der Waals surface area contributed by atoms with Crippen LogP contribution in [-0.4, -0.2) is 46.7 Å². The molecule has 2 fully saturated rings. The van der Waals surface area contributed by atoms with Crippen molar-refractivity contribution in [2.75, 3.05) is 26.2 Å². The summed E-state index contributed by atoms with van der Waals surface area (Å²) < 4.78 is 8.27. The van der Waals surface area contributed by atoms with E-state index in [0.29, 0.717) is 11.7 Å². The smallest absolute Gasteiger partial charge is 0.166 e. The van der Waals surface area contributed by atoms with Gasteiger partial charge in [0.25, 0.3) is 0 Å². The number of carbonyl (C=O) groups is 1. The summed E-state index contributed by atoms with van der Waals surface area (Å²) in [5.74, 6) is 0.972. The van der Waals surface area contributed by atoms with Gasteiger partial charge in [-0.2, -0.15) is 5.10 Å². The van der Waals surface area contributed by atoms with E-state index in [1.54, 1.807) is 0 Å². The molecular formula is C24H33N3O2. The molecule has 29 heavy (non-hydrogen) atoms. The maximum Gasteiger partial charge on any atom is 0.166 e. The highest BCUT2D eigenvalue weighted by molar-refractivity contribution is 5.97. The number of aryl methyl sites for hydroxylation is 2. The highest BCUT2D eigenvalue weighted by atomic mass is 16.5. The molecule has 0 radical (unpaired) electrons. The van der Waals surface area contributed by atoms with Crippen molar-refractivity contribution in [3.05, 3.63) is 53.3 Å². The van der Waals surface area contributed by atoms with Gasteiger partial charge in [0.2, 0.25) is 0 Å². The second kappa shape index (κ2) is 9.23. The van der Waals surface area contributed by atoms with Crippen molar-refractivity contribution in [1.29, 1.82) is 0 Å². The van der Waals surface area contributed by atoms with Gasteiger partial charge in [0.1, 0.15) is 6.10 Å². The van der Waals surface area contributed by atoms with E-state index in [1.807, 2.05) is 30.5 Å². The van der Waals surface area contributed by atoms with Crippen LogP contribution in [0.3, 0.4) is 0 Å². The molecule has 5 nitrogen and oxygen atoms in total. The molecule has 4 rings (SSSR count). The van der Waals surface area contributed by atoms with Crippen LogP contribution >= 0.6 is 0 Å². The lowest BCUT2D eigenvalue weighted by Gasteiger charge is -2.38. The summed E-state index contributed by atoms with van der Waals surface area (Å²) in [5, 5.41) is 4.44. The van der Waals surface area contributed by atoms with Crippen LogP contribution in [0.2, 0.25) is 0 Å². The summed E-state index contributed by atoms with van der Waals surface area (Å²) in [7, 11) is 0. The predicted octanol–water partition coefficient (Wildman–Crippen LogP) is 4.27. The molecule has 0 N–H and O–H groups in total. The van der Waals surface area contributed by atoms with Crippen molar-refractivity contribution < 1.29 is 9.53 Å². The lowest BCUT2D eigenvalue weighted by Crippen LogP contribution is -2.41. The van der Waals surface area contributed by atoms with Crippen molar-refractivity contribution in [2.24, 2.45) is 11.8 Å². The van der Waals surface area contributed by atoms with E-state index in [-0.39, 0.29) is 12.0 Å². The first-order valence-corrected chi connectivity index (χ1v) is 11.1. The second-order valence-electron chi connectivity index (χ2n) is 8.57. The van der Waals surface area contributed by atoms with Crippen LogP contribution in [-0.2, 0) is 11.3 Å². The summed E-state index contributed by atoms with van der Waals surface area (Å²) >= 11 is 0. The molecule has 156 valence electrons. The van der Waals surface area contributed by atoms with Crippen molar-refractivity contribution in [3.63, 3.8) is 0 Å². The van der Waals surface area contributed by atoms with Crippen LogP contribution in [0.25, 0.3) is 0 Å². The number of Topliss-reactive ketones (excluding diaryl/α,β-unsaturated/α-hetero) is 1. The summed E-state index contributed by atoms with van der Waals surface area (Å²) in [4.78, 5) is 15.4.